The molecule has 0 bridgehead atoms. The molecule has 2 aromatic carbocycles. The number of rotatable bonds is 9. The molecule has 0 radical (unpaired) electrons. The van der Waals surface area contributed by atoms with Crippen LogP contribution in [-0.2, 0) is 9.59 Å². The van der Waals surface area contributed by atoms with Gasteiger partial charge in [0.15, 0.2) is 11.5 Å². The summed E-state index contributed by atoms with van der Waals surface area (Å²) in [5.74, 6) is -0.330. The summed E-state index contributed by atoms with van der Waals surface area (Å²) in [6.07, 6.45) is 2.34. The third-order valence-corrected chi connectivity index (χ3v) is 3.96. The number of amides is 2. The minimum Gasteiger partial charge on any atom is -0.490 e. The van der Waals surface area contributed by atoms with Crippen molar-refractivity contribution in [3.05, 3.63) is 59.7 Å². The van der Waals surface area contributed by atoms with Crippen LogP contribution in [0.5, 0.6) is 11.5 Å². The van der Waals surface area contributed by atoms with E-state index in [4.69, 9.17) is 9.47 Å². The van der Waals surface area contributed by atoms with Gasteiger partial charge in [-0.3, -0.25) is 9.59 Å². The van der Waals surface area contributed by atoms with Gasteiger partial charge in [0.05, 0.1) is 25.5 Å². The molecule has 2 rings (SSSR count). The Balaban J connectivity index is 1.93. The second-order valence-electron chi connectivity index (χ2n) is 6.29. The van der Waals surface area contributed by atoms with Crippen molar-refractivity contribution >= 4 is 18.0 Å². The highest BCUT2D eigenvalue weighted by molar-refractivity contribution is 6.35. The van der Waals surface area contributed by atoms with Crippen LogP contribution in [0.4, 0.5) is 0 Å². The molecule has 0 saturated carbocycles. The normalized spacial score (nSPS) is 11.7. The number of ether oxygens (including phenoxy) is 2. The summed E-state index contributed by atoms with van der Waals surface area (Å²) in [6, 6.07) is 14.5. The van der Waals surface area contributed by atoms with Crippen LogP contribution in [0.3, 0.4) is 0 Å². The lowest BCUT2D eigenvalue weighted by Gasteiger charge is -2.13. The lowest BCUT2D eigenvalue weighted by Crippen LogP contribution is -2.39. The van der Waals surface area contributed by atoms with Crippen molar-refractivity contribution in [2.75, 3.05) is 13.2 Å². The first-order valence-electron chi connectivity index (χ1n) is 9.63. The molecule has 0 aliphatic rings. The number of benzene rings is 2. The Morgan fingerprint density at radius 3 is 2.48 bits per heavy atom. The number of carbonyl (C=O) groups excluding carboxylic acids is 2. The maximum Gasteiger partial charge on any atom is 0.329 e. The van der Waals surface area contributed by atoms with Crippen LogP contribution in [0.1, 0.15) is 44.4 Å². The smallest absolute Gasteiger partial charge is 0.329 e. The Bertz CT molecular complexity index is 837. The molecular formula is C22H27N3O4. The largest absolute Gasteiger partial charge is 0.490 e. The highest BCUT2D eigenvalue weighted by Gasteiger charge is 2.16. The molecule has 0 fully saturated rings. The summed E-state index contributed by atoms with van der Waals surface area (Å²) in [5.41, 5.74) is 3.85. The van der Waals surface area contributed by atoms with E-state index in [-0.39, 0.29) is 6.04 Å². The summed E-state index contributed by atoms with van der Waals surface area (Å²) in [7, 11) is 0. The van der Waals surface area contributed by atoms with Gasteiger partial charge in [0.2, 0.25) is 0 Å². The van der Waals surface area contributed by atoms with E-state index in [1.807, 2.05) is 44.2 Å². The second kappa shape index (κ2) is 11.5. The van der Waals surface area contributed by atoms with Gasteiger partial charge < -0.3 is 14.8 Å². The highest BCUT2D eigenvalue weighted by Crippen LogP contribution is 2.28. The molecule has 1 atom stereocenters. The van der Waals surface area contributed by atoms with Crippen LogP contribution in [0.15, 0.2) is 53.6 Å². The SMILES string of the molecule is CCCOc1ccc(/C=N\NC(=O)C(=O)N[C@H](C)c2ccccc2)cc1OCC. The summed E-state index contributed by atoms with van der Waals surface area (Å²) < 4.78 is 11.2. The minimum absolute atomic E-state index is 0.289. The predicted molar refractivity (Wildman–Crippen MR) is 112 cm³/mol. The van der Waals surface area contributed by atoms with Gasteiger partial charge in [0, 0.05) is 0 Å². The standard InChI is InChI=1S/C22H27N3O4/c1-4-13-29-19-12-11-17(14-20(19)28-5-2)15-23-25-22(27)21(26)24-16(3)18-9-7-6-8-10-18/h6-12,14-16H,4-5,13H2,1-3H3,(H,24,26)(H,25,27)/b23-15-/t16-/m1/s1. The van der Waals surface area contributed by atoms with Crippen LogP contribution in [0.2, 0.25) is 0 Å². The highest BCUT2D eigenvalue weighted by atomic mass is 16.5. The Morgan fingerprint density at radius 2 is 1.79 bits per heavy atom. The zero-order valence-corrected chi connectivity index (χ0v) is 17.0. The van der Waals surface area contributed by atoms with Crippen LogP contribution < -0.4 is 20.2 Å². The van der Waals surface area contributed by atoms with E-state index in [2.05, 4.69) is 15.8 Å². The first-order valence-corrected chi connectivity index (χ1v) is 9.63. The Morgan fingerprint density at radius 1 is 1.03 bits per heavy atom. The van der Waals surface area contributed by atoms with Gasteiger partial charge in [0.25, 0.3) is 0 Å². The molecule has 0 aliphatic heterocycles. The van der Waals surface area contributed by atoms with Gasteiger partial charge in [-0.2, -0.15) is 5.10 Å². The molecule has 0 aliphatic carbocycles. The van der Waals surface area contributed by atoms with Gasteiger partial charge in [-0.1, -0.05) is 37.3 Å². The van der Waals surface area contributed by atoms with Crippen molar-refractivity contribution < 1.29 is 19.1 Å². The predicted octanol–water partition coefficient (Wildman–Crippen LogP) is 3.20. The van der Waals surface area contributed by atoms with E-state index in [9.17, 15) is 9.59 Å². The van der Waals surface area contributed by atoms with E-state index in [1.54, 1.807) is 25.1 Å². The number of carbonyl (C=O) groups is 2. The molecule has 2 amide bonds. The zero-order chi connectivity index (χ0) is 21.1. The van der Waals surface area contributed by atoms with Crippen LogP contribution in [0.25, 0.3) is 0 Å². The molecule has 154 valence electrons. The topological polar surface area (TPSA) is 89.0 Å². The van der Waals surface area contributed by atoms with Crippen molar-refractivity contribution in [1.82, 2.24) is 10.7 Å². The molecule has 7 heteroatoms. The lowest BCUT2D eigenvalue weighted by atomic mass is 10.1. The van der Waals surface area contributed by atoms with Gasteiger partial charge >= 0.3 is 11.8 Å². The van der Waals surface area contributed by atoms with Crippen molar-refractivity contribution in [1.29, 1.82) is 0 Å². The first kappa shape index (κ1) is 21.9. The summed E-state index contributed by atoms with van der Waals surface area (Å²) >= 11 is 0. The molecule has 2 N–H and O–H groups in total. The van der Waals surface area contributed by atoms with Gasteiger partial charge in [-0.25, -0.2) is 5.43 Å². The van der Waals surface area contributed by atoms with Crippen LogP contribution in [-0.4, -0.2) is 31.2 Å². The van der Waals surface area contributed by atoms with E-state index >= 15 is 0 Å². The molecule has 0 aromatic heterocycles. The average Bonchev–Trinajstić information content (AvgIpc) is 2.73. The quantitative estimate of drug-likeness (QED) is 0.386. The van der Waals surface area contributed by atoms with Crippen molar-refractivity contribution in [3.63, 3.8) is 0 Å². The molecule has 0 heterocycles. The Hall–Kier alpha value is -3.35. The van der Waals surface area contributed by atoms with E-state index in [0.717, 1.165) is 12.0 Å². The lowest BCUT2D eigenvalue weighted by molar-refractivity contribution is -0.139. The van der Waals surface area contributed by atoms with Gasteiger partial charge in [0.1, 0.15) is 0 Å². The van der Waals surface area contributed by atoms with Crippen molar-refractivity contribution in [3.8, 4) is 11.5 Å². The fourth-order valence-corrected chi connectivity index (χ4v) is 2.51. The fourth-order valence-electron chi connectivity index (χ4n) is 2.51. The number of nitrogens with zero attached hydrogens (tertiary/aromatic N) is 1. The molecule has 7 nitrogen and oxygen atoms in total. The minimum atomic E-state index is -0.836. The number of hydrogen-bond acceptors (Lipinski definition) is 5. The Kier molecular flexibility index (Phi) is 8.69. The fraction of sp³-hybridized carbons (Fsp3) is 0.318. The number of hydrogen-bond donors (Lipinski definition) is 2. The van der Waals surface area contributed by atoms with Crippen molar-refractivity contribution in [2.45, 2.75) is 33.2 Å². The van der Waals surface area contributed by atoms with Crippen LogP contribution >= 0.6 is 0 Å². The van der Waals surface area contributed by atoms with E-state index < -0.39 is 11.8 Å². The zero-order valence-electron chi connectivity index (χ0n) is 17.0. The van der Waals surface area contributed by atoms with Crippen molar-refractivity contribution in [2.24, 2.45) is 5.10 Å². The maximum absolute atomic E-state index is 12.0. The summed E-state index contributed by atoms with van der Waals surface area (Å²) in [5, 5.41) is 6.49. The van der Waals surface area contributed by atoms with E-state index in [0.29, 0.717) is 30.3 Å². The maximum atomic E-state index is 12.0. The van der Waals surface area contributed by atoms with Gasteiger partial charge in [-0.15, -0.1) is 0 Å². The molecule has 0 spiro atoms. The molecule has 2 aromatic rings. The second-order valence-corrected chi connectivity index (χ2v) is 6.29. The molecule has 0 saturated heterocycles. The molecular weight excluding hydrogens is 370 g/mol. The third kappa shape index (κ3) is 6.95. The summed E-state index contributed by atoms with van der Waals surface area (Å²) in [4.78, 5) is 24.0. The molecule has 0 unspecified atom stereocenters. The Labute approximate surface area is 171 Å². The average molecular weight is 397 g/mol. The third-order valence-electron chi connectivity index (χ3n) is 3.96. The summed E-state index contributed by atoms with van der Waals surface area (Å²) in [6.45, 7) is 6.82. The van der Waals surface area contributed by atoms with E-state index in [1.165, 1.54) is 6.21 Å². The van der Waals surface area contributed by atoms with Gasteiger partial charge in [-0.05, 0) is 49.6 Å². The first-order chi connectivity index (χ1) is 14.0. The number of nitrogens with one attached hydrogen (secondary N) is 2. The molecule has 29 heavy (non-hydrogen) atoms. The van der Waals surface area contributed by atoms with Crippen LogP contribution in [0, 0.1) is 0 Å². The number of hydrazone groups is 1. The monoisotopic (exact) mass is 397 g/mol.